The van der Waals surface area contributed by atoms with E-state index in [1.807, 2.05) is 48.5 Å². The average molecular weight is 404 g/mol. The first-order valence-corrected chi connectivity index (χ1v) is 10.5. The van der Waals surface area contributed by atoms with Crippen molar-refractivity contribution in [2.45, 2.75) is 25.9 Å². The highest BCUT2D eigenvalue weighted by atomic mass is 16.5. The third kappa shape index (κ3) is 8.10. The summed E-state index contributed by atoms with van der Waals surface area (Å²) in [4.78, 5) is 11.7. The first-order valence-electron chi connectivity index (χ1n) is 10.5. The molecule has 0 heterocycles. The number of rotatable bonds is 12. The Morgan fingerprint density at radius 3 is 2.07 bits per heavy atom. The maximum absolute atomic E-state index is 11.7. The zero-order valence-corrected chi connectivity index (χ0v) is 17.3. The molecule has 0 aliphatic heterocycles. The maximum Gasteiger partial charge on any atom is 0.307 e. The van der Waals surface area contributed by atoms with Gasteiger partial charge in [0, 0.05) is 6.54 Å². The lowest BCUT2D eigenvalue weighted by molar-refractivity contribution is -0.144. The van der Waals surface area contributed by atoms with Crippen molar-refractivity contribution in [2.75, 3.05) is 19.7 Å². The van der Waals surface area contributed by atoms with Gasteiger partial charge in [0.15, 0.2) is 0 Å². The van der Waals surface area contributed by atoms with Crippen molar-refractivity contribution >= 4 is 5.97 Å². The summed E-state index contributed by atoms with van der Waals surface area (Å²) in [7, 11) is 0. The second-order valence-electron chi connectivity index (χ2n) is 7.15. The van der Waals surface area contributed by atoms with Crippen LogP contribution in [0, 0.1) is 0 Å². The zero-order valence-electron chi connectivity index (χ0n) is 17.3. The van der Waals surface area contributed by atoms with Crippen LogP contribution in [0.4, 0.5) is 0 Å². The smallest absolute Gasteiger partial charge is 0.307 e. The van der Waals surface area contributed by atoms with Crippen LogP contribution in [0.1, 0.15) is 29.5 Å². The molecule has 156 valence electrons. The molecule has 4 heteroatoms. The minimum absolute atomic E-state index is 0.182. The highest BCUT2D eigenvalue weighted by molar-refractivity contribution is 5.69. The van der Waals surface area contributed by atoms with Gasteiger partial charge in [0.25, 0.3) is 0 Å². The number of carbonyl (C=O) groups is 1. The third-order valence-corrected chi connectivity index (χ3v) is 4.69. The summed E-state index contributed by atoms with van der Waals surface area (Å²) in [6.07, 6.45) is 2.18. The Morgan fingerprint density at radius 1 is 0.733 bits per heavy atom. The molecule has 3 rings (SSSR count). The van der Waals surface area contributed by atoms with Gasteiger partial charge in [-0.25, -0.2) is 0 Å². The molecule has 1 N–H and O–H groups in total. The van der Waals surface area contributed by atoms with Crippen molar-refractivity contribution in [3.05, 3.63) is 102 Å². The molecule has 0 aliphatic carbocycles. The minimum atomic E-state index is -0.182. The Labute approximate surface area is 178 Å². The zero-order chi connectivity index (χ0) is 20.9. The number of hydrogen-bond donors (Lipinski definition) is 1. The van der Waals surface area contributed by atoms with Gasteiger partial charge in [-0.15, -0.1) is 0 Å². The number of hydrogen-bond acceptors (Lipinski definition) is 4. The van der Waals surface area contributed by atoms with E-state index >= 15 is 0 Å². The van der Waals surface area contributed by atoms with Crippen molar-refractivity contribution in [1.82, 2.24) is 5.32 Å². The van der Waals surface area contributed by atoms with E-state index in [9.17, 15) is 4.79 Å². The maximum atomic E-state index is 11.7. The highest BCUT2D eigenvalue weighted by Gasteiger charge is 2.03. The molecule has 0 unspecified atom stereocenters. The van der Waals surface area contributed by atoms with Gasteiger partial charge in [-0.2, -0.15) is 0 Å². The number of ether oxygens (including phenoxy) is 2. The van der Waals surface area contributed by atoms with Crippen LogP contribution < -0.4 is 10.1 Å². The van der Waals surface area contributed by atoms with Crippen LogP contribution >= 0.6 is 0 Å². The molecule has 0 aliphatic rings. The second-order valence-corrected chi connectivity index (χ2v) is 7.15. The van der Waals surface area contributed by atoms with Gasteiger partial charge in [0.2, 0.25) is 0 Å². The fraction of sp³-hybridized carbons (Fsp3) is 0.269. The molecule has 0 saturated carbocycles. The average Bonchev–Trinajstić information content (AvgIpc) is 2.79. The van der Waals surface area contributed by atoms with Crippen molar-refractivity contribution in [3.8, 4) is 5.75 Å². The Kier molecular flexibility index (Phi) is 8.96. The van der Waals surface area contributed by atoms with Crippen LogP contribution in [0.15, 0.2) is 84.9 Å². The fourth-order valence-corrected chi connectivity index (χ4v) is 3.05. The summed E-state index contributed by atoms with van der Waals surface area (Å²) in [6.45, 7) is 2.39. The lowest BCUT2D eigenvalue weighted by Gasteiger charge is -2.09. The fourth-order valence-electron chi connectivity index (χ4n) is 3.05. The van der Waals surface area contributed by atoms with Gasteiger partial charge in [0.05, 0.1) is 13.0 Å². The van der Waals surface area contributed by atoms with Gasteiger partial charge in [0.1, 0.15) is 12.4 Å². The summed E-state index contributed by atoms with van der Waals surface area (Å²) in [5.41, 5.74) is 3.58. The van der Waals surface area contributed by atoms with E-state index in [4.69, 9.17) is 9.47 Å². The number of carbonyl (C=O) groups excluding carboxylic acids is 1. The first kappa shape index (κ1) is 21.6. The van der Waals surface area contributed by atoms with Crippen molar-refractivity contribution < 1.29 is 14.3 Å². The summed E-state index contributed by atoms with van der Waals surface area (Å²) in [5, 5.41) is 3.26. The standard InChI is InChI=1S/C26H29NO3/c28-26(30-21-24-10-5-2-6-11-24)16-18-27-17-7-19-29-25-14-12-23(13-15-25)20-22-8-3-1-4-9-22/h1-6,8-15,27H,7,16-21H2. The van der Waals surface area contributed by atoms with E-state index in [0.717, 1.165) is 30.7 Å². The summed E-state index contributed by atoms with van der Waals surface area (Å²) in [6, 6.07) is 28.4. The van der Waals surface area contributed by atoms with E-state index in [-0.39, 0.29) is 5.97 Å². The molecule has 30 heavy (non-hydrogen) atoms. The van der Waals surface area contributed by atoms with E-state index in [1.54, 1.807) is 0 Å². The van der Waals surface area contributed by atoms with Crippen molar-refractivity contribution in [3.63, 3.8) is 0 Å². The van der Waals surface area contributed by atoms with Gasteiger partial charge in [-0.3, -0.25) is 4.79 Å². The molecule has 0 saturated heterocycles. The molecular weight excluding hydrogens is 374 g/mol. The van der Waals surface area contributed by atoms with Gasteiger partial charge in [-0.1, -0.05) is 72.8 Å². The van der Waals surface area contributed by atoms with Crippen LogP contribution in [0.5, 0.6) is 5.75 Å². The summed E-state index contributed by atoms with van der Waals surface area (Å²) in [5.74, 6) is 0.703. The SMILES string of the molecule is O=C(CCNCCCOc1ccc(Cc2ccccc2)cc1)OCc1ccccc1. The molecule has 3 aromatic rings. The highest BCUT2D eigenvalue weighted by Crippen LogP contribution is 2.15. The Morgan fingerprint density at radius 2 is 1.37 bits per heavy atom. The third-order valence-electron chi connectivity index (χ3n) is 4.69. The number of benzene rings is 3. The first-order chi connectivity index (χ1) is 14.8. The van der Waals surface area contributed by atoms with Crippen LogP contribution in [-0.4, -0.2) is 25.7 Å². The molecule has 0 fully saturated rings. The summed E-state index contributed by atoms with van der Waals surface area (Å²) >= 11 is 0. The van der Waals surface area contributed by atoms with E-state index in [0.29, 0.717) is 26.2 Å². The molecule has 0 spiro atoms. The predicted octanol–water partition coefficient (Wildman–Crippen LogP) is 4.77. The number of esters is 1. The predicted molar refractivity (Wildman–Crippen MR) is 120 cm³/mol. The Balaban J connectivity index is 1.22. The monoisotopic (exact) mass is 403 g/mol. The van der Waals surface area contributed by atoms with Crippen molar-refractivity contribution in [2.24, 2.45) is 0 Å². The van der Waals surface area contributed by atoms with Crippen LogP contribution in [0.3, 0.4) is 0 Å². The Hall–Kier alpha value is -3.11. The topological polar surface area (TPSA) is 47.6 Å². The molecule has 4 nitrogen and oxygen atoms in total. The largest absolute Gasteiger partial charge is 0.494 e. The molecule has 0 radical (unpaired) electrons. The Bertz CT molecular complexity index is 864. The summed E-state index contributed by atoms with van der Waals surface area (Å²) < 4.78 is 11.1. The van der Waals surface area contributed by atoms with Crippen LogP contribution in [0.25, 0.3) is 0 Å². The quantitative estimate of drug-likeness (QED) is 0.350. The molecule has 0 bridgehead atoms. The molecular formula is C26H29NO3. The second kappa shape index (κ2) is 12.5. The van der Waals surface area contributed by atoms with Crippen LogP contribution in [0.2, 0.25) is 0 Å². The molecule has 3 aromatic carbocycles. The number of nitrogens with one attached hydrogen (secondary N) is 1. The lowest BCUT2D eigenvalue weighted by atomic mass is 10.1. The normalized spacial score (nSPS) is 10.5. The minimum Gasteiger partial charge on any atom is -0.494 e. The van der Waals surface area contributed by atoms with E-state index < -0.39 is 0 Å². The van der Waals surface area contributed by atoms with Crippen LogP contribution in [-0.2, 0) is 22.6 Å². The van der Waals surface area contributed by atoms with Gasteiger partial charge in [-0.05, 0) is 48.2 Å². The van der Waals surface area contributed by atoms with Crippen molar-refractivity contribution in [1.29, 1.82) is 0 Å². The lowest BCUT2D eigenvalue weighted by Crippen LogP contribution is -2.21. The van der Waals surface area contributed by atoms with E-state index in [1.165, 1.54) is 11.1 Å². The van der Waals surface area contributed by atoms with E-state index in [2.05, 4.69) is 41.7 Å². The molecule has 0 atom stereocenters. The molecule has 0 aromatic heterocycles. The van der Waals surface area contributed by atoms with Gasteiger partial charge < -0.3 is 14.8 Å². The molecule has 0 amide bonds. The van der Waals surface area contributed by atoms with Gasteiger partial charge >= 0.3 is 5.97 Å².